The monoisotopic (exact) mass is 1480 g/mol. The largest absolute Gasteiger partial charge is 0.381 e. The molecule has 5 nitrogen and oxygen atoms in total. The van der Waals surface area contributed by atoms with Crippen LogP contribution in [0.15, 0.2) is 0 Å². The van der Waals surface area contributed by atoms with Crippen molar-refractivity contribution < 1.29 is 4.74 Å². The number of ether oxygens (including phenoxy) is 1. The molecule has 632 valence electrons. The first-order valence-electron chi connectivity index (χ1n) is 50.6. The molecule has 5 heteroatoms. The minimum absolute atomic E-state index is 0.646. The van der Waals surface area contributed by atoms with Gasteiger partial charge in [-0.2, -0.15) is 0 Å². The fourth-order valence-electron chi connectivity index (χ4n) is 17.4. The number of hydrogen-bond donors (Lipinski definition) is 0. The molecule has 0 rings (SSSR count). The third-order valence-electron chi connectivity index (χ3n) is 24.6. The molecule has 0 aromatic carbocycles. The molecule has 0 radical (unpaired) electrons. The maximum atomic E-state index is 6.34. The van der Waals surface area contributed by atoms with Gasteiger partial charge >= 0.3 is 0 Å². The zero-order valence-corrected chi connectivity index (χ0v) is 75.0. The van der Waals surface area contributed by atoms with E-state index in [4.69, 9.17) is 4.74 Å². The second-order valence-corrected chi connectivity index (χ2v) is 35.0. The Kier molecular flexibility index (Phi) is 92.5. The van der Waals surface area contributed by atoms with Gasteiger partial charge in [0.05, 0.1) is 12.3 Å². The van der Waals surface area contributed by atoms with Gasteiger partial charge in [-0.25, -0.2) is 0 Å². The normalized spacial score (nSPS) is 12.2. The quantitative estimate of drug-likeness (QED) is 0.0446. The predicted molar refractivity (Wildman–Crippen MR) is 479 cm³/mol. The zero-order chi connectivity index (χ0) is 75.8. The van der Waals surface area contributed by atoms with Crippen LogP contribution in [0.1, 0.15) is 569 Å². The van der Waals surface area contributed by atoms with Crippen LogP contribution < -0.4 is 0 Å². The first-order valence-corrected chi connectivity index (χ1v) is 50.6. The molecule has 0 bridgehead atoms. The van der Waals surface area contributed by atoms with Gasteiger partial charge in [0.1, 0.15) is 0 Å². The SMILES string of the molecule is CCCCCCCCCCN(CCCCCCCCCC)C(CCCCCCCCCOCCCCCCCCCC(N(CCCCCCCCCC)CCCCCCCCCC)N(CCCCCCCCCC)CCCCCCCCCC)N(CCCCCCCCCC)CCCCCCCCCC. The van der Waals surface area contributed by atoms with E-state index in [1.807, 2.05) is 0 Å². The van der Waals surface area contributed by atoms with Crippen LogP contribution in [0.25, 0.3) is 0 Å². The molecule has 0 aromatic rings. The molecule has 0 saturated heterocycles. The van der Waals surface area contributed by atoms with Crippen molar-refractivity contribution >= 4 is 0 Å². The van der Waals surface area contributed by atoms with Crippen molar-refractivity contribution in [2.24, 2.45) is 0 Å². The standard InChI is InChI=1S/C100H206N4O/c1-9-17-25-33-41-53-65-77-89-101(90-78-66-54-42-34-26-18-10-2)99(102(91-79-67-55-43-35-27-19-11-3)92-80-68-56-44-36-28-20-12-4)87-75-63-51-49-61-73-85-97-105-98-86-74-62-50-52-64-76-88-100(103(93-81-69-57-45-37-29-21-13-5)94-82-70-58-46-38-30-22-14-6)104(95-83-71-59-47-39-31-23-15-7)96-84-72-60-48-40-32-24-16-8/h99-100H,9-98H2,1-8H3. The van der Waals surface area contributed by atoms with E-state index in [-0.39, 0.29) is 0 Å². The fraction of sp³-hybridized carbons (Fsp3) is 1.00. The molecule has 0 aliphatic rings. The molecule has 0 aliphatic heterocycles. The van der Waals surface area contributed by atoms with Gasteiger partial charge in [0.15, 0.2) is 0 Å². The Hall–Kier alpha value is -0.200. The summed E-state index contributed by atoms with van der Waals surface area (Å²) in [4.78, 5) is 12.4. The minimum atomic E-state index is 0.646. The van der Waals surface area contributed by atoms with Crippen molar-refractivity contribution in [2.45, 2.75) is 581 Å². The Morgan fingerprint density at radius 1 is 0.133 bits per heavy atom. The molecule has 0 aromatic heterocycles. The van der Waals surface area contributed by atoms with E-state index >= 15 is 0 Å². The van der Waals surface area contributed by atoms with E-state index in [1.165, 1.54) is 566 Å². The highest BCUT2D eigenvalue weighted by atomic mass is 16.5. The van der Waals surface area contributed by atoms with Crippen molar-refractivity contribution in [3.05, 3.63) is 0 Å². The van der Waals surface area contributed by atoms with Gasteiger partial charge in [0.2, 0.25) is 0 Å². The molecule has 0 heterocycles. The summed E-state index contributed by atoms with van der Waals surface area (Å²) in [6.07, 6.45) is 115. The molecule has 0 aliphatic carbocycles. The minimum Gasteiger partial charge on any atom is -0.381 e. The summed E-state index contributed by atoms with van der Waals surface area (Å²) in [7, 11) is 0. The van der Waals surface area contributed by atoms with E-state index in [1.54, 1.807) is 0 Å². The van der Waals surface area contributed by atoms with Gasteiger partial charge in [0.25, 0.3) is 0 Å². The van der Waals surface area contributed by atoms with E-state index in [9.17, 15) is 0 Å². The molecule has 0 unspecified atom stereocenters. The molecule has 0 amide bonds. The van der Waals surface area contributed by atoms with Crippen LogP contribution in [0.5, 0.6) is 0 Å². The van der Waals surface area contributed by atoms with Crippen LogP contribution >= 0.6 is 0 Å². The second-order valence-electron chi connectivity index (χ2n) is 35.0. The fourth-order valence-corrected chi connectivity index (χ4v) is 17.4. The van der Waals surface area contributed by atoms with Crippen molar-refractivity contribution in [1.82, 2.24) is 19.6 Å². The Bertz CT molecular complexity index is 1230. The average Bonchev–Trinajstić information content (AvgIpc) is 0.884. The van der Waals surface area contributed by atoms with Gasteiger partial charge in [0, 0.05) is 13.2 Å². The highest BCUT2D eigenvalue weighted by molar-refractivity contribution is 4.78. The first-order chi connectivity index (χ1) is 52.1. The van der Waals surface area contributed by atoms with Crippen LogP contribution in [0, 0.1) is 0 Å². The lowest BCUT2D eigenvalue weighted by Gasteiger charge is -2.41. The van der Waals surface area contributed by atoms with Gasteiger partial charge in [-0.3, -0.25) is 19.6 Å². The highest BCUT2D eigenvalue weighted by Gasteiger charge is 2.26. The summed E-state index contributed by atoms with van der Waals surface area (Å²) >= 11 is 0. The van der Waals surface area contributed by atoms with Gasteiger partial charge in [-0.05, 0) is 129 Å². The van der Waals surface area contributed by atoms with Crippen LogP contribution in [-0.2, 0) is 4.74 Å². The number of rotatable bonds is 96. The van der Waals surface area contributed by atoms with E-state index in [0.29, 0.717) is 12.3 Å². The molecule has 0 fully saturated rings. The maximum absolute atomic E-state index is 6.34. The van der Waals surface area contributed by atoms with Gasteiger partial charge in [-0.1, -0.05) is 492 Å². The van der Waals surface area contributed by atoms with E-state index < -0.39 is 0 Å². The van der Waals surface area contributed by atoms with Crippen LogP contribution in [0.3, 0.4) is 0 Å². The van der Waals surface area contributed by atoms with E-state index in [0.717, 1.165) is 13.2 Å². The number of unbranched alkanes of at least 4 members (excludes halogenated alkanes) is 68. The molecule has 0 N–H and O–H groups in total. The predicted octanol–water partition coefficient (Wildman–Crippen LogP) is 34.2. The summed E-state index contributed by atoms with van der Waals surface area (Å²) < 4.78 is 6.34. The van der Waals surface area contributed by atoms with Gasteiger partial charge in [-0.15, -0.1) is 0 Å². The molecule has 0 atom stereocenters. The summed E-state index contributed by atoms with van der Waals surface area (Å²) in [5.74, 6) is 0. The Labute approximate surface area is 667 Å². The third-order valence-corrected chi connectivity index (χ3v) is 24.6. The molecular formula is C100H206N4O. The summed E-state index contributed by atoms with van der Waals surface area (Å²) in [5.41, 5.74) is 0. The van der Waals surface area contributed by atoms with Crippen LogP contribution in [-0.4, -0.2) is 97.5 Å². The van der Waals surface area contributed by atoms with Crippen molar-refractivity contribution in [1.29, 1.82) is 0 Å². The lowest BCUT2D eigenvalue weighted by atomic mass is 10.0. The Morgan fingerprint density at radius 3 is 0.390 bits per heavy atom. The second kappa shape index (κ2) is 92.7. The topological polar surface area (TPSA) is 22.2 Å². The lowest BCUT2D eigenvalue weighted by molar-refractivity contribution is 0.0280. The Balaban J connectivity index is 5.69. The highest BCUT2D eigenvalue weighted by Crippen LogP contribution is 2.26. The van der Waals surface area contributed by atoms with Gasteiger partial charge < -0.3 is 4.74 Å². The zero-order valence-electron chi connectivity index (χ0n) is 75.0. The third kappa shape index (κ3) is 77.5. The molecule has 0 spiro atoms. The van der Waals surface area contributed by atoms with Crippen LogP contribution in [0.2, 0.25) is 0 Å². The number of hydrogen-bond acceptors (Lipinski definition) is 5. The smallest absolute Gasteiger partial charge is 0.0622 e. The van der Waals surface area contributed by atoms with Crippen molar-refractivity contribution in [3.63, 3.8) is 0 Å². The summed E-state index contributed by atoms with van der Waals surface area (Å²) in [6, 6.07) is 0. The van der Waals surface area contributed by atoms with Crippen LogP contribution in [0.4, 0.5) is 0 Å². The van der Waals surface area contributed by atoms with E-state index in [2.05, 4.69) is 75.0 Å². The maximum Gasteiger partial charge on any atom is 0.0622 e. The molecular weight excluding hydrogens is 1270 g/mol. The van der Waals surface area contributed by atoms with Crippen molar-refractivity contribution in [3.8, 4) is 0 Å². The van der Waals surface area contributed by atoms with Crippen molar-refractivity contribution in [2.75, 3.05) is 65.6 Å². The lowest BCUT2D eigenvalue weighted by Crippen LogP contribution is -2.50. The molecule has 0 saturated carbocycles. The Morgan fingerprint density at radius 2 is 0.248 bits per heavy atom. The molecule has 105 heavy (non-hydrogen) atoms. The average molecular weight is 1480 g/mol. The summed E-state index contributed by atoms with van der Waals surface area (Å²) in [5, 5.41) is 0. The number of nitrogens with zero attached hydrogens (tertiary/aromatic N) is 4. The first kappa shape index (κ1) is 105. The summed E-state index contributed by atoms with van der Waals surface area (Å²) in [6.45, 7) is 31.5.